The highest BCUT2D eigenvalue weighted by molar-refractivity contribution is 7.08. The molecule has 0 unspecified atom stereocenters. The van der Waals surface area contributed by atoms with Gasteiger partial charge in [-0.3, -0.25) is 0 Å². The molecule has 2 aromatic rings. The maximum atomic E-state index is 9.23. The lowest BCUT2D eigenvalue weighted by Crippen LogP contribution is -2.05. The molecule has 0 aromatic carbocycles. The lowest BCUT2D eigenvalue weighted by Gasteiger charge is -2.09. The van der Waals surface area contributed by atoms with Gasteiger partial charge in [0.25, 0.3) is 0 Å². The van der Waals surface area contributed by atoms with Crippen LogP contribution in [-0.2, 0) is 19.4 Å². The van der Waals surface area contributed by atoms with Gasteiger partial charge in [-0.1, -0.05) is 0 Å². The molecule has 0 bridgehead atoms. The summed E-state index contributed by atoms with van der Waals surface area (Å²) in [5.74, 6) is 0.730. The van der Waals surface area contributed by atoms with Crippen LogP contribution in [0.4, 0.5) is 5.82 Å². The van der Waals surface area contributed by atoms with Crippen LogP contribution in [0.25, 0.3) is 0 Å². The molecule has 1 N–H and O–H groups in total. The molecule has 0 saturated carbocycles. The highest BCUT2D eigenvalue weighted by Gasteiger charge is 2.16. The van der Waals surface area contributed by atoms with Gasteiger partial charge in [-0.25, -0.2) is 4.98 Å². The molecule has 0 amide bonds. The van der Waals surface area contributed by atoms with Crippen molar-refractivity contribution in [3.63, 3.8) is 0 Å². The lowest BCUT2D eigenvalue weighted by atomic mass is 10.1. The Labute approximate surface area is 116 Å². The van der Waals surface area contributed by atoms with Crippen LogP contribution >= 0.6 is 11.3 Å². The minimum absolute atomic E-state index is 0.661. The smallest absolute Gasteiger partial charge is 0.144 e. The summed E-state index contributed by atoms with van der Waals surface area (Å²) in [5.41, 5.74) is 5.62. The summed E-state index contributed by atoms with van der Waals surface area (Å²) < 4.78 is 0. The Morgan fingerprint density at radius 3 is 3.05 bits per heavy atom. The van der Waals surface area contributed by atoms with Gasteiger partial charge >= 0.3 is 0 Å². The Morgan fingerprint density at radius 1 is 1.42 bits per heavy atom. The van der Waals surface area contributed by atoms with Crippen molar-refractivity contribution in [2.75, 3.05) is 5.32 Å². The quantitative estimate of drug-likeness (QED) is 0.928. The molecule has 3 nitrogen and oxygen atoms in total. The zero-order valence-corrected chi connectivity index (χ0v) is 11.7. The van der Waals surface area contributed by atoms with E-state index >= 15 is 0 Å². The fourth-order valence-electron chi connectivity index (χ4n) is 2.44. The topological polar surface area (TPSA) is 48.7 Å². The summed E-state index contributed by atoms with van der Waals surface area (Å²) in [6.45, 7) is 2.84. The standard InChI is InChI=1S/C15H15N3S/c1-10-8-19-9-13(10)7-17-15-12(6-16)5-11-3-2-4-14(11)18-15/h5,8-9H,2-4,7H2,1H3,(H,17,18). The lowest BCUT2D eigenvalue weighted by molar-refractivity contribution is 0.899. The predicted octanol–water partition coefficient (Wildman–Crippen LogP) is 3.42. The molecule has 96 valence electrons. The largest absolute Gasteiger partial charge is 0.365 e. The molecule has 0 saturated heterocycles. The van der Waals surface area contributed by atoms with Crippen molar-refractivity contribution in [1.82, 2.24) is 4.98 Å². The van der Waals surface area contributed by atoms with Gasteiger partial charge in [0.1, 0.15) is 11.9 Å². The summed E-state index contributed by atoms with van der Waals surface area (Å²) in [5, 5.41) is 16.8. The summed E-state index contributed by atoms with van der Waals surface area (Å²) in [6.07, 6.45) is 3.24. The normalized spacial score (nSPS) is 13.1. The van der Waals surface area contributed by atoms with Gasteiger partial charge in [0, 0.05) is 12.2 Å². The van der Waals surface area contributed by atoms with Gasteiger partial charge in [0.15, 0.2) is 0 Å². The molecular weight excluding hydrogens is 254 g/mol. The van der Waals surface area contributed by atoms with Gasteiger partial charge < -0.3 is 5.32 Å². The number of nitrogens with one attached hydrogen (secondary N) is 1. The third kappa shape index (κ3) is 2.34. The second-order valence-corrected chi connectivity index (χ2v) is 5.63. The Balaban J connectivity index is 1.85. The molecule has 0 spiro atoms. The van der Waals surface area contributed by atoms with Crippen molar-refractivity contribution < 1.29 is 0 Å². The summed E-state index contributed by atoms with van der Waals surface area (Å²) in [6, 6.07) is 4.25. The van der Waals surface area contributed by atoms with Crippen molar-refractivity contribution in [3.05, 3.63) is 44.8 Å². The molecule has 4 heteroatoms. The van der Waals surface area contributed by atoms with Crippen LogP contribution in [0.5, 0.6) is 0 Å². The third-order valence-corrected chi connectivity index (χ3v) is 4.49. The summed E-state index contributed by atoms with van der Waals surface area (Å²) in [7, 11) is 0. The van der Waals surface area contributed by atoms with E-state index in [-0.39, 0.29) is 0 Å². The van der Waals surface area contributed by atoms with E-state index in [4.69, 9.17) is 0 Å². The number of thiophene rings is 1. The minimum Gasteiger partial charge on any atom is -0.365 e. The van der Waals surface area contributed by atoms with Crippen molar-refractivity contribution in [2.24, 2.45) is 0 Å². The maximum Gasteiger partial charge on any atom is 0.144 e. The second kappa shape index (κ2) is 5.02. The monoisotopic (exact) mass is 269 g/mol. The molecule has 2 aromatic heterocycles. The van der Waals surface area contributed by atoms with Crippen molar-refractivity contribution in [3.8, 4) is 6.07 Å². The first-order valence-corrected chi connectivity index (χ1v) is 7.40. The van der Waals surface area contributed by atoms with E-state index < -0.39 is 0 Å². The van der Waals surface area contributed by atoms with E-state index in [0.29, 0.717) is 5.56 Å². The van der Waals surface area contributed by atoms with E-state index in [9.17, 15) is 5.26 Å². The van der Waals surface area contributed by atoms with E-state index in [0.717, 1.165) is 37.3 Å². The molecule has 0 atom stereocenters. The highest BCUT2D eigenvalue weighted by atomic mass is 32.1. The number of fused-ring (bicyclic) bond motifs is 1. The fraction of sp³-hybridized carbons (Fsp3) is 0.333. The third-order valence-electron chi connectivity index (χ3n) is 3.58. The van der Waals surface area contributed by atoms with Crippen molar-refractivity contribution in [2.45, 2.75) is 32.7 Å². The summed E-state index contributed by atoms with van der Waals surface area (Å²) >= 11 is 1.71. The first kappa shape index (κ1) is 12.2. The minimum atomic E-state index is 0.661. The van der Waals surface area contributed by atoms with E-state index in [2.05, 4.69) is 34.1 Å². The van der Waals surface area contributed by atoms with Crippen LogP contribution in [0.2, 0.25) is 0 Å². The molecule has 1 aliphatic rings. The van der Waals surface area contributed by atoms with E-state index in [1.165, 1.54) is 16.7 Å². The Morgan fingerprint density at radius 2 is 2.32 bits per heavy atom. The first-order chi connectivity index (χ1) is 9.28. The van der Waals surface area contributed by atoms with E-state index in [1.807, 2.05) is 6.07 Å². The zero-order chi connectivity index (χ0) is 13.2. The van der Waals surface area contributed by atoms with Crippen LogP contribution in [0.15, 0.2) is 16.8 Å². The molecule has 1 aliphatic carbocycles. The SMILES string of the molecule is Cc1cscc1CNc1nc2c(cc1C#N)CCC2. The molecular formula is C15H15N3S. The van der Waals surface area contributed by atoms with Crippen molar-refractivity contribution in [1.29, 1.82) is 5.26 Å². The first-order valence-electron chi connectivity index (χ1n) is 6.46. The number of nitrogens with zero attached hydrogens (tertiary/aromatic N) is 2. The number of aromatic nitrogens is 1. The number of nitriles is 1. The van der Waals surface area contributed by atoms with Crippen LogP contribution < -0.4 is 5.32 Å². The second-order valence-electron chi connectivity index (χ2n) is 4.89. The van der Waals surface area contributed by atoms with Crippen molar-refractivity contribution >= 4 is 17.2 Å². The number of pyridine rings is 1. The fourth-order valence-corrected chi connectivity index (χ4v) is 3.30. The molecule has 0 radical (unpaired) electrons. The number of rotatable bonds is 3. The maximum absolute atomic E-state index is 9.23. The number of anilines is 1. The van der Waals surface area contributed by atoms with Gasteiger partial charge in [0.05, 0.1) is 5.56 Å². The average Bonchev–Trinajstić information content (AvgIpc) is 3.03. The van der Waals surface area contributed by atoms with Gasteiger partial charge in [-0.05, 0) is 59.7 Å². The molecule has 19 heavy (non-hydrogen) atoms. The molecule has 2 heterocycles. The van der Waals surface area contributed by atoms with Crippen LogP contribution in [-0.4, -0.2) is 4.98 Å². The van der Waals surface area contributed by atoms with Crippen LogP contribution in [0.1, 0.15) is 34.4 Å². The predicted molar refractivity (Wildman–Crippen MR) is 77.4 cm³/mol. The van der Waals surface area contributed by atoms with Gasteiger partial charge in [-0.2, -0.15) is 16.6 Å². The Kier molecular flexibility index (Phi) is 3.22. The summed E-state index contributed by atoms with van der Waals surface area (Å²) in [4.78, 5) is 4.62. The average molecular weight is 269 g/mol. The molecule has 3 rings (SSSR count). The molecule has 0 fully saturated rings. The van der Waals surface area contributed by atoms with Gasteiger partial charge in [-0.15, -0.1) is 0 Å². The number of aryl methyl sites for hydroxylation is 3. The highest BCUT2D eigenvalue weighted by Crippen LogP contribution is 2.25. The molecule has 0 aliphatic heterocycles. The van der Waals surface area contributed by atoms with Crippen LogP contribution in [0.3, 0.4) is 0 Å². The Bertz CT molecular complexity index is 652. The Hall–Kier alpha value is -1.86. The van der Waals surface area contributed by atoms with Crippen LogP contribution in [0, 0.1) is 18.3 Å². The van der Waals surface area contributed by atoms with E-state index in [1.54, 1.807) is 11.3 Å². The number of hydrogen-bond acceptors (Lipinski definition) is 4. The number of hydrogen-bond donors (Lipinski definition) is 1. The van der Waals surface area contributed by atoms with Gasteiger partial charge in [0.2, 0.25) is 0 Å². The zero-order valence-electron chi connectivity index (χ0n) is 10.9.